The van der Waals surface area contributed by atoms with Gasteiger partial charge in [0.1, 0.15) is 0 Å². The summed E-state index contributed by atoms with van der Waals surface area (Å²) in [6.45, 7) is 3.73. The number of benzene rings is 1. The molecule has 0 spiro atoms. The first-order valence-corrected chi connectivity index (χ1v) is 7.15. The van der Waals surface area contributed by atoms with Gasteiger partial charge in [-0.1, -0.05) is 25.5 Å². The maximum absolute atomic E-state index is 12.1. The van der Waals surface area contributed by atoms with Crippen LogP contribution in [-0.2, 0) is 20.7 Å². The summed E-state index contributed by atoms with van der Waals surface area (Å²) < 4.78 is 4.60. The minimum Gasteiger partial charge on any atom is -0.469 e. The second-order valence-electron chi connectivity index (χ2n) is 5.39. The van der Waals surface area contributed by atoms with E-state index in [0.717, 1.165) is 12.0 Å². The number of anilines is 1. The molecule has 0 radical (unpaired) electrons. The highest BCUT2D eigenvalue weighted by Gasteiger charge is 2.26. The van der Waals surface area contributed by atoms with Gasteiger partial charge < -0.3 is 15.8 Å². The van der Waals surface area contributed by atoms with Gasteiger partial charge in [-0.25, -0.2) is 0 Å². The van der Waals surface area contributed by atoms with Crippen LogP contribution in [0.5, 0.6) is 0 Å². The highest BCUT2D eigenvalue weighted by molar-refractivity contribution is 5.97. The van der Waals surface area contributed by atoms with Gasteiger partial charge in [0.15, 0.2) is 0 Å². The lowest BCUT2D eigenvalue weighted by molar-refractivity contribution is -0.140. The van der Waals surface area contributed by atoms with Gasteiger partial charge in [0.25, 0.3) is 0 Å². The van der Waals surface area contributed by atoms with E-state index in [9.17, 15) is 9.59 Å². The predicted molar refractivity (Wildman–Crippen MR) is 82.9 cm³/mol. The molecular formula is C16H24N2O3. The maximum Gasteiger partial charge on any atom is 0.305 e. The van der Waals surface area contributed by atoms with E-state index in [1.165, 1.54) is 7.11 Å². The Hall–Kier alpha value is -1.88. The Bertz CT molecular complexity index is 481. The van der Waals surface area contributed by atoms with Crippen LogP contribution in [-0.4, -0.2) is 24.5 Å². The van der Waals surface area contributed by atoms with Gasteiger partial charge in [-0.2, -0.15) is 0 Å². The lowest BCUT2D eigenvalue weighted by Gasteiger charge is -2.22. The molecule has 0 aliphatic rings. The number of esters is 1. The summed E-state index contributed by atoms with van der Waals surface area (Å²) in [5.74, 6) is -0.419. The van der Waals surface area contributed by atoms with Crippen LogP contribution >= 0.6 is 0 Å². The fraction of sp³-hybridized carbons (Fsp3) is 0.500. The Labute approximate surface area is 125 Å². The number of nitrogens with one attached hydrogen (secondary N) is 1. The molecule has 1 unspecified atom stereocenters. The van der Waals surface area contributed by atoms with Crippen molar-refractivity contribution in [1.29, 1.82) is 0 Å². The van der Waals surface area contributed by atoms with E-state index in [1.54, 1.807) is 6.92 Å². The third-order valence-electron chi connectivity index (χ3n) is 3.35. The minimum absolute atomic E-state index is 0.188. The lowest BCUT2D eigenvalue weighted by atomic mass is 9.96. The van der Waals surface area contributed by atoms with Crippen LogP contribution in [0.1, 0.15) is 38.7 Å². The number of carbonyl (C=O) groups excluding carboxylic acids is 2. The fourth-order valence-electron chi connectivity index (χ4n) is 2.01. The highest BCUT2D eigenvalue weighted by atomic mass is 16.5. The molecular weight excluding hydrogens is 268 g/mol. The topological polar surface area (TPSA) is 81.4 Å². The number of rotatable bonds is 7. The molecule has 1 amide bonds. The van der Waals surface area contributed by atoms with E-state index in [2.05, 4.69) is 10.1 Å². The van der Waals surface area contributed by atoms with Crippen molar-refractivity contribution in [2.75, 3.05) is 12.4 Å². The van der Waals surface area contributed by atoms with Crippen molar-refractivity contribution in [2.45, 2.75) is 45.1 Å². The Balaban J connectivity index is 2.58. The summed E-state index contributed by atoms with van der Waals surface area (Å²) in [4.78, 5) is 23.1. The number of amides is 1. The smallest absolute Gasteiger partial charge is 0.305 e. The summed E-state index contributed by atoms with van der Waals surface area (Å²) in [6, 6.07) is 7.39. The molecule has 1 aromatic carbocycles. The van der Waals surface area contributed by atoms with E-state index < -0.39 is 5.54 Å². The lowest BCUT2D eigenvalue weighted by Crippen LogP contribution is -2.48. The molecule has 1 atom stereocenters. The summed E-state index contributed by atoms with van der Waals surface area (Å²) >= 11 is 0. The van der Waals surface area contributed by atoms with Crippen molar-refractivity contribution < 1.29 is 14.3 Å². The van der Waals surface area contributed by atoms with Crippen LogP contribution in [0.3, 0.4) is 0 Å². The van der Waals surface area contributed by atoms with Gasteiger partial charge in [0.2, 0.25) is 5.91 Å². The summed E-state index contributed by atoms with van der Waals surface area (Å²) in [5.41, 5.74) is 6.84. The third-order valence-corrected chi connectivity index (χ3v) is 3.35. The normalized spacial score (nSPS) is 13.3. The molecule has 1 aromatic rings. The third kappa shape index (κ3) is 5.55. The number of ether oxygens (including phenoxy) is 1. The Kier molecular flexibility index (Phi) is 6.37. The zero-order valence-electron chi connectivity index (χ0n) is 12.9. The van der Waals surface area contributed by atoms with Gasteiger partial charge in [-0.3, -0.25) is 9.59 Å². The second kappa shape index (κ2) is 7.78. The van der Waals surface area contributed by atoms with Crippen LogP contribution < -0.4 is 11.1 Å². The van der Waals surface area contributed by atoms with Crippen LogP contribution in [0.2, 0.25) is 0 Å². The SMILES string of the molecule is CCCC(C)(N)C(=O)Nc1ccc(CCC(=O)OC)cc1. The number of carbonyl (C=O) groups is 2. The Morgan fingerprint density at radius 2 is 1.90 bits per heavy atom. The molecule has 5 nitrogen and oxygen atoms in total. The molecule has 0 aliphatic carbocycles. The Morgan fingerprint density at radius 1 is 1.29 bits per heavy atom. The molecule has 0 heterocycles. The molecule has 0 saturated carbocycles. The molecule has 3 N–H and O–H groups in total. The zero-order chi connectivity index (χ0) is 15.9. The van der Waals surface area contributed by atoms with Crippen molar-refractivity contribution >= 4 is 17.6 Å². The number of nitrogens with two attached hydrogens (primary N) is 1. The summed E-state index contributed by atoms with van der Waals surface area (Å²) in [7, 11) is 1.38. The molecule has 21 heavy (non-hydrogen) atoms. The average Bonchev–Trinajstić information content (AvgIpc) is 2.46. The van der Waals surface area contributed by atoms with E-state index >= 15 is 0 Å². The van der Waals surface area contributed by atoms with Crippen LogP contribution in [0, 0.1) is 0 Å². The van der Waals surface area contributed by atoms with E-state index in [4.69, 9.17) is 5.73 Å². The van der Waals surface area contributed by atoms with Crippen LogP contribution in [0.25, 0.3) is 0 Å². The van der Waals surface area contributed by atoms with E-state index in [1.807, 2.05) is 31.2 Å². The van der Waals surface area contributed by atoms with E-state index in [0.29, 0.717) is 24.9 Å². The van der Waals surface area contributed by atoms with Crippen molar-refractivity contribution in [3.63, 3.8) is 0 Å². The number of aryl methyl sites for hydroxylation is 1. The van der Waals surface area contributed by atoms with Crippen LogP contribution in [0.4, 0.5) is 5.69 Å². The molecule has 0 aliphatic heterocycles. The highest BCUT2D eigenvalue weighted by Crippen LogP contribution is 2.15. The predicted octanol–water partition coefficient (Wildman–Crippen LogP) is 2.25. The Morgan fingerprint density at radius 3 is 2.43 bits per heavy atom. The molecule has 5 heteroatoms. The van der Waals surface area contributed by atoms with Gasteiger partial charge in [0, 0.05) is 12.1 Å². The number of methoxy groups -OCH3 is 1. The van der Waals surface area contributed by atoms with Crippen LogP contribution in [0.15, 0.2) is 24.3 Å². The van der Waals surface area contributed by atoms with Gasteiger partial charge >= 0.3 is 5.97 Å². The molecule has 116 valence electrons. The first-order valence-electron chi connectivity index (χ1n) is 7.15. The largest absolute Gasteiger partial charge is 0.469 e. The average molecular weight is 292 g/mol. The van der Waals surface area contributed by atoms with Crippen molar-refractivity contribution in [2.24, 2.45) is 5.73 Å². The first kappa shape index (κ1) is 17.2. The fourth-order valence-corrected chi connectivity index (χ4v) is 2.01. The van der Waals surface area contributed by atoms with Crippen molar-refractivity contribution in [3.05, 3.63) is 29.8 Å². The van der Waals surface area contributed by atoms with Crippen molar-refractivity contribution in [1.82, 2.24) is 0 Å². The van der Waals surface area contributed by atoms with Gasteiger partial charge in [0.05, 0.1) is 12.6 Å². The quantitative estimate of drug-likeness (QED) is 0.755. The molecule has 0 fully saturated rings. The van der Waals surface area contributed by atoms with Crippen molar-refractivity contribution in [3.8, 4) is 0 Å². The molecule has 1 rings (SSSR count). The van der Waals surface area contributed by atoms with E-state index in [-0.39, 0.29) is 11.9 Å². The first-order chi connectivity index (χ1) is 9.89. The standard InChI is InChI=1S/C16H24N2O3/c1-4-11-16(2,17)15(20)18-13-8-5-12(6-9-13)7-10-14(19)21-3/h5-6,8-9H,4,7,10-11,17H2,1-3H3,(H,18,20). The minimum atomic E-state index is -0.863. The summed E-state index contributed by atoms with van der Waals surface area (Å²) in [6.07, 6.45) is 2.45. The maximum atomic E-state index is 12.1. The molecule has 0 bridgehead atoms. The monoisotopic (exact) mass is 292 g/mol. The second-order valence-corrected chi connectivity index (χ2v) is 5.39. The van der Waals surface area contributed by atoms with Gasteiger partial charge in [-0.05, 0) is 37.5 Å². The molecule has 0 saturated heterocycles. The number of hydrogen-bond acceptors (Lipinski definition) is 4. The van der Waals surface area contributed by atoms with Gasteiger partial charge in [-0.15, -0.1) is 0 Å². The zero-order valence-corrected chi connectivity index (χ0v) is 12.9. The summed E-state index contributed by atoms with van der Waals surface area (Å²) in [5, 5.41) is 2.81. The molecule has 0 aromatic heterocycles. The number of hydrogen-bond donors (Lipinski definition) is 2.